The molecule has 4 aromatic rings. The van der Waals surface area contributed by atoms with Crippen molar-refractivity contribution >= 4 is 51.2 Å². The lowest BCUT2D eigenvalue weighted by atomic mass is 10.1. The quantitative estimate of drug-likeness (QED) is 0.313. The van der Waals surface area contributed by atoms with Crippen LogP contribution in [0.3, 0.4) is 0 Å². The van der Waals surface area contributed by atoms with Crippen LogP contribution in [0.1, 0.15) is 5.56 Å². The number of rotatable bonds is 3. The highest BCUT2D eigenvalue weighted by Crippen LogP contribution is 2.34. The second-order valence-corrected chi connectivity index (χ2v) is 7.94. The molecule has 0 radical (unpaired) electrons. The van der Waals surface area contributed by atoms with Crippen molar-refractivity contribution in [2.24, 2.45) is 0 Å². The Balaban J connectivity index is 1.52. The van der Waals surface area contributed by atoms with Gasteiger partial charge >= 0.3 is 12.2 Å². The first-order chi connectivity index (χ1) is 13.8. The number of nitrogens with one attached hydrogen (secondary N) is 3. The normalized spacial score (nSPS) is 11.6. The van der Waals surface area contributed by atoms with Gasteiger partial charge in [0.1, 0.15) is 0 Å². The first-order valence-electron chi connectivity index (χ1n) is 8.42. The van der Waals surface area contributed by atoms with Gasteiger partial charge in [-0.05, 0) is 54.1 Å². The maximum Gasteiger partial charge on any atom is 0.416 e. The Morgan fingerprint density at radius 2 is 1.76 bits per heavy atom. The highest BCUT2D eigenvalue weighted by molar-refractivity contribution is 7.19. The summed E-state index contributed by atoms with van der Waals surface area (Å²) < 4.78 is 38.6. The number of aromatic nitrogens is 1. The first kappa shape index (κ1) is 19.4. The van der Waals surface area contributed by atoms with Crippen molar-refractivity contribution in [1.82, 2.24) is 4.98 Å². The molecule has 0 fully saturated rings. The number of benzene rings is 2. The van der Waals surface area contributed by atoms with Crippen molar-refractivity contribution in [1.29, 1.82) is 0 Å². The van der Waals surface area contributed by atoms with E-state index in [-0.39, 0.29) is 5.69 Å². The maximum absolute atomic E-state index is 12.6. The van der Waals surface area contributed by atoms with Gasteiger partial charge in [0.25, 0.3) is 0 Å². The number of carbonyl (C=O) groups excluding carboxylic acids is 1. The molecule has 0 saturated heterocycles. The van der Waals surface area contributed by atoms with E-state index in [9.17, 15) is 18.0 Å². The van der Waals surface area contributed by atoms with Crippen LogP contribution in [0.4, 0.5) is 29.3 Å². The highest BCUT2D eigenvalue weighted by atomic mass is 35.5. The van der Waals surface area contributed by atoms with Crippen molar-refractivity contribution in [3.05, 3.63) is 70.7 Å². The van der Waals surface area contributed by atoms with Crippen LogP contribution in [0, 0.1) is 0 Å². The molecule has 0 saturated carbocycles. The highest BCUT2D eigenvalue weighted by Gasteiger charge is 2.30. The van der Waals surface area contributed by atoms with E-state index in [4.69, 9.17) is 11.6 Å². The Hall–Kier alpha value is -2.97. The number of alkyl halides is 3. The summed E-state index contributed by atoms with van der Waals surface area (Å²) in [7, 11) is 0. The van der Waals surface area contributed by atoms with E-state index in [2.05, 4.69) is 15.6 Å². The fourth-order valence-electron chi connectivity index (χ4n) is 2.87. The zero-order valence-electron chi connectivity index (χ0n) is 14.6. The molecule has 148 valence electrons. The molecule has 2 heterocycles. The molecule has 0 unspecified atom stereocenters. The third-order valence-electron chi connectivity index (χ3n) is 4.26. The minimum Gasteiger partial charge on any atom is -0.359 e. The zero-order chi connectivity index (χ0) is 20.6. The smallest absolute Gasteiger partial charge is 0.359 e. The van der Waals surface area contributed by atoms with E-state index in [1.807, 2.05) is 30.3 Å². The summed E-state index contributed by atoms with van der Waals surface area (Å²) >= 11 is 7.46. The number of anilines is 2. The van der Waals surface area contributed by atoms with E-state index in [0.29, 0.717) is 10.0 Å². The number of urea groups is 1. The van der Waals surface area contributed by atoms with Crippen LogP contribution in [0.15, 0.2) is 60.8 Å². The Labute approximate surface area is 172 Å². The predicted molar refractivity (Wildman–Crippen MR) is 111 cm³/mol. The minimum absolute atomic E-state index is 0.254. The Bertz CT molecular complexity index is 1180. The zero-order valence-corrected chi connectivity index (χ0v) is 16.2. The predicted octanol–water partition coefficient (Wildman–Crippen LogP) is 7.21. The molecule has 0 bridgehead atoms. The number of halogens is 4. The van der Waals surface area contributed by atoms with Crippen molar-refractivity contribution in [2.45, 2.75) is 6.18 Å². The summed E-state index contributed by atoms with van der Waals surface area (Å²) in [6.45, 7) is 0. The van der Waals surface area contributed by atoms with Gasteiger partial charge in [-0.2, -0.15) is 13.2 Å². The Morgan fingerprint density at radius 3 is 2.41 bits per heavy atom. The van der Waals surface area contributed by atoms with E-state index < -0.39 is 17.8 Å². The Morgan fingerprint density at radius 1 is 1.00 bits per heavy atom. The average Bonchev–Trinajstić information content (AvgIpc) is 3.27. The van der Waals surface area contributed by atoms with E-state index in [1.54, 1.807) is 6.20 Å². The summed E-state index contributed by atoms with van der Waals surface area (Å²) in [5.41, 5.74) is 1.82. The molecule has 0 spiro atoms. The van der Waals surface area contributed by atoms with Gasteiger partial charge in [0.15, 0.2) is 0 Å². The van der Waals surface area contributed by atoms with Crippen LogP contribution < -0.4 is 10.6 Å². The number of fused-ring (bicyclic) bond motifs is 1. The standard InChI is InChI=1S/C20H13ClF3N3OS/c21-18-8-7-17(29-18)11-1-6-15-14(9-11)16(10-25-15)27-19(28)26-13-4-2-12(3-5-13)20(22,23)24/h1-10,25H,(H2,26,27,28). The lowest BCUT2D eigenvalue weighted by Crippen LogP contribution is -2.19. The van der Waals surface area contributed by atoms with Crippen molar-refractivity contribution in [3.8, 4) is 10.4 Å². The SMILES string of the molecule is O=C(Nc1ccc(C(F)(F)F)cc1)Nc1c[nH]c2ccc(-c3ccc(Cl)s3)cc12. The monoisotopic (exact) mass is 435 g/mol. The van der Waals surface area contributed by atoms with Gasteiger partial charge in [-0.3, -0.25) is 0 Å². The number of hydrogen-bond donors (Lipinski definition) is 3. The molecule has 3 N–H and O–H groups in total. The number of H-pyrrole nitrogens is 1. The number of carbonyl (C=O) groups is 1. The van der Waals surface area contributed by atoms with Gasteiger partial charge in [-0.15, -0.1) is 11.3 Å². The molecular formula is C20H13ClF3N3OS. The lowest BCUT2D eigenvalue weighted by Gasteiger charge is -2.09. The Kier molecular flexibility index (Phi) is 4.97. The number of thiophene rings is 1. The maximum atomic E-state index is 12.6. The van der Waals surface area contributed by atoms with E-state index in [1.165, 1.54) is 23.5 Å². The summed E-state index contributed by atoms with van der Waals surface area (Å²) in [6, 6.07) is 13.2. The van der Waals surface area contributed by atoms with Crippen molar-refractivity contribution in [2.75, 3.05) is 10.6 Å². The van der Waals surface area contributed by atoms with Gasteiger partial charge in [0, 0.05) is 27.7 Å². The molecule has 0 atom stereocenters. The van der Waals surface area contributed by atoms with E-state index >= 15 is 0 Å². The first-order valence-corrected chi connectivity index (χ1v) is 9.61. The molecule has 4 nitrogen and oxygen atoms in total. The largest absolute Gasteiger partial charge is 0.416 e. The molecule has 2 aromatic carbocycles. The molecular weight excluding hydrogens is 423 g/mol. The van der Waals surface area contributed by atoms with Crippen molar-refractivity contribution in [3.63, 3.8) is 0 Å². The lowest BCUT2D eigenvalue weighted by molar-refractivity contribution is -0.137. The van der Waals surface area contributed by atoms with Crippen molar-refractivity contribution < 1.29 is 18.0 Å². The number of amides is 2. The second-order valence-electron chi connectivity index (χ2n) is 6.22. The van der Waals surface area contributed by atoms with Crippen LogP contribution in [0.2, 0.25) is 4.34 Å². The molecule has 4 rings (SSSR count). The van der Waals surface area contributed by atoms with Crippen LogP contribution in [-0.2, 0) is 6.18 Å². The van der Waals surface area contributed by atoms with E-state index in [0.717, 1.165) is 33.5 Å². The molecule has 0 aliphatic rings. The van der Waals surface area contributed by atoms with Crippen LogP contribution in [-0.4, -0.2) is 11.0 Å². The molecule has 29 heavy (non-hydrogen) atoms. The van der Waals surface area contributed by atoms with Gasteiger partial charge in [0.2, 0.25) is 0 Å². The van der Waals surface area contributed by atoms with Gasteiger partial charge in [-0.1, -0.05) is 17.7 Å². The molecule has 0 aliphatic carbocycles. The molecule has 0 aliphatic heterocycles. The number of aromatic amines is 1. The third-order valence-corrected chi connectivity index (χ3v) is 5.54. The third kappa shape index (κ3) is 4.23. The average molecular weight is 436 g/mol. The summed E-state index contributed by atoms with van der Waals surface area (Å²) in [5, 5.41) is 6.04. The van der Waals surface area contributed by atoms with Gasteiger partial charge in [0.05, 0.1) is 15.6 Å². The molecule has 2 amide bonds. The molecule has 9 heteroatoms. The fourth-order valence-corrected chi connectivity index (χ4v) is 3.91. The fraction of sp³-hybridized carbons (Fsp3) is 0.0500. The summed E-state index contributed by atoms with van der Waals surface area (Å²) in [6.07, 6.45) is -2.77. The van der Waals surface area contributed by atoms with Crippen LogP contribution >= 0.6 is 22.9 Å². The minimum atomic E-state index is -4.42. The van der Waals surface area contributed by atoms with Gasteiger partial charge < -0.3 is 15.6 Å². The molecule has 2 aromatic heterocycles. The van der Waals surface area contributed by atoms with Crippen LogP contribution in [0.5, 0.6) is 0 Å². The summed E-state index contributed by atoms with van der Waals surface area (Å²) in [5.74, 6) is 0. The second kappa shape index (κ2) is 7.46. The summed E-state index contributed by atoms with van der Waals surface area (Å²) in [4.78, 5) is 16.4. The van der Waals surface area contributed by atoms with Gasteiger partial charge in [-0.25, -0.2) is 4.79 Å². The topological polar surface area (TPSA) is 56.9 Å². The number of hydrogen-bond acceptors (Lipinski definition) is 2. The van der Waals surface area contributed by atoms with Crippen LogP contribution in [0.25, 0.3) is 21.3 Å².